The maximum atomic E-state index is 13.2. The van der Waals surface area contributed by atoms with E-state index in [-0.39, 0.29) is 24.2 Å². The lowest BCUT2D eigenvalue weighted by atomic mass is 9.76. The summed E-state index contributed by atoms with van der Waals surface area (Å²) >= 11 is 0. The highest BCUT2D eigenvalue weighted by molar-refractivity contribution is 5.88. The molecule has 0 aromatic heterocycles. The van der Waals surface area contributed by atoms with E-state index in [0.29, 0.717) is 6.04 Å². The molecule has 5 nitrogen and oxygen atoms in total. The molecule has 0 bridgehead atoms. The minimum atomic E-state index is 0.0487. The second-order valence-corrected chi connectivity index (χ2v) is 9.53. The van der Waals surface area contributed by atoms with Crippen molar-refractivity contribution in [3.63, 3.8) is 0 Å². The second-order valence-electron chi connectivity index (χ2n) is 9.53. The fourth-order valence-electron chi connectivity index (χ4n) is 5.98. The van der Waals surface area contributed by atoms with Crippen molar-refractivity contribution in [2.45, 2.75) is 62.6 Å². The van der Waals surface area contributed by atoms with E-state index >= 15 is 0 Å². The van der Waals surface area contributed by atoms with Crippen LogP contribution in [-0.2, 0) is 9.53 Å². The van der Waals surface area contributed by atoms with Gasteiger partial charge in [-0.1, -0.05) is 36.4 Å². The topological polar surface area (TPSA) is 42.0 Å². The van der Waals surface area contributed by atoms with Gasteiger partial charge in [0, 0.05) is 31.1 Å². The van der Waals surface area contributed by atoms with Crippen molar-refractivity contribution in [1.82, 2.24) is 9.80 Å². The van der Waals surface area contributed by atoms with Crippen LogP contribution in [0.5, 0.6) is 5.75 Å². The molecule has 31 heavy (non-hydrogen) atoms. The molecule has 3 atom stereocenters. The molecule has 1 amide bonds. The molecule has 2 aromatic carbocycles. The maximum Gasteiger partial charge on any atom is 0.260 e. The molecule has 166 valence electrons. The number of likely N-dealkylation sites (N-methyl/N-ethyl adjacent to an activating group) is 1. The van der Waals surface area contributed by atoms with Gasteiger partial charge in [0.2, 0.25) is 0 Å². The summed E-state index contributed by atoms with van der Waals surface area (Å²) in [4.78, 5) is 17.8. The summed E-state index contributed by atoms with van der Waals surface area (Å²) in [5.41, 5.74) is 0.0487. The summed E-state index contributed by atoms with van der Waals surface area (Å²) in [5.74, 6) is 0.836. The standard InChI is InChI=1S/C26H34N2O3/c1-27(25(29)19-30-24-11-6-9-20-8-2-3-10-21(20)24)22-12-14-26(13-7-17-31-26)18-23(22)28-15-4-5-16-28/h2-3,6,8-11,22-23H,4-5,7,12-19H2,1H3. The largest absolute Gasteiger partial charge is 0.483 e. The smallest absolute Gasteiger partial charge is 0.260 e. The number of carbonyl (C=O) groups is 1. The number of rotatable bonds is 5. The quantitative estimate of drug-likeness (QED) is 0.723. The molecule has 5 rings (SSSR count). The number of amides is 1. The van der Waals surface area contributed by atoms with Gasteiger partial charge in [0.15, 0.2) is 6.61 Å². The van der Waals surface area contributed by atoms with E-state index in [0.717, 1.165) is 55.5 Å². The Hall–Kier alpha value is -2.11. The van der Waals surface area contributed by atoms with Gasteiger partial charge < -0.3 is 14.4 Å². The number of carbonyl (C=O) groups excluding carboxylic acids is 1. The number of nitrogens with zero attached hydrogens (tertiary/aromatic N) is 2. The summed E-state index contributed by atoms with van der Waals surface area (Å²) in [7, 11) is 1.97. The SMILES string of the molecule is CN(C(=O)COc1cccc2ccccc12)C1CCC2(CCCO2)CC1N1CCCC1. The predicted molar refractivity (Wildman–Crippen MR) is 122 cm³/mol. The Morgan fingerprint density at radius 2 is 1.94 bits per heavy atom. The molecule has 2 aromatic rings. The molecule has 1 saturated carbocycles. The fourth-order valence-corrected chi connectivity index (χ4v) is 5.98. The molecule has 5 heteroatoms. The number of likely N-dealkylation sites (tertiary alicyclic amines) is 1. The van der Waals surface area contributed by atoms with E-state index in [1.165, 1.54) is 25.7 Å². The lowest BCUT2D eigenvalue weighted by Crippen LogP contribution is -2.58. The van der Waals surface area contributed by atoms with Crippen molar-refractivity contribution in [2.75, 3.05) is 33.4 Å². The first kappa shape index (κ1) is 20.8. The van der Waals surface area contributed by atoms with E-state index in [1.807, 2.05) is 42.3 Å². The van der Waals surface area contributed by atoms with Crippen molar-refractivity contribution in [2.24, 2.45) is 0 Å². The lowest BCUT2D eigenvalue weighted by molar-refractivity contribution is -0.139. The Balaban J connectivity index is 1.28. The van der Waals surface area contributed by atoms with Crippen LogP contribution in [-0.4, -0.2) is 66.7 Å². The van der Waals surface area contributed by atoms with Crippen LogP contribution in [0.2, 0.25) is 0 Å². The molecule has 3 fully saturated rings. The summed E-state index contributed by atoms with van der Waals surface area (Å²) in [6.45, 7) is 3.26. The minimum Gasteiger partial charge on any atom is -0.483 e. The zero-order valence-corrected chi connectivity index (χ0v) is 18.6. The van der Waals surface area contributed by atoms with Gasteiger partial charge >= 0.3 is 0 Å². The Morgan fingerprint density at radius 1 is 1.13 bits per heavy atom. The first-order valence-electron chi connectivity index (χ1n) is 11.9. The third-order valence-electron chi connectivity index (χ3n) is 7.71. The molecule has 3 unspecified atom stereocenters. The Kier molecular flexibility index (Phi) is 5.89. The van der Waals surface area contributed by atoms with Crippen molar-refractivity contribution >= 4 is 16.7 Å². The molecule has 2 heterocycles. The van der Waals surface area contributed by atoms with Crippen LogP contribution in [0.25, 0.3) is 10.8 Å². The fraction of sp³-hybridized carbons (Fsp3) is 0.577. The second kappa shape index (κ2) is 8.79. The van der Waals surface area contributed by atoms with Crippen molar-refractivity contribution in [1.29, 1.82) is 0 Å². The van der Waals surface area contributed by atoms with E-state index in [2.05, 4.69) is 17.0 Å². The average molecular weight is 423 g/mol. The van der Waals surface area contributed by atoms with Crippen LogP contribution in [0.4, 0.5) is 0 Å². The van der Waals surface area contributed by atoms with Gasteiger partial charge in [-0.15, -0.1) is 0 Å². The van der Waals surface area contributed by atoms with Crippen LogP contribution >= 0.6 is 0 Å². The highest BCUT2D eigenvalue weighted by Gasteiger charge is 2.47. The van der Waals surface area contributed by atoms with E-state index in [1.54, 1.807) is 0 Å². The van der Waals surface area contributed by atoms with Gasteiger partial charge in [-0.3, -0.25) is 9.69 Å². The van der Waals surface area contributed by atoms with Gasteiger partial charge in [0.05, 0.1) is 5.60 Å². The third-order valence-corrected chi connectivity index (χ3v) is 7.71. The molecule has 0 N–H and O–H groups in total. The Bertz CT molecular complexity index is 913. The van der Waals surface area contributed by atoms with Crippen molar-refractivity contribution < 1.29 is 14.3 Å². The number of ether oxygens (including phenoxy) is 2. The van der Waals surface area contributed by atoms with Crippen LogP contribution in [0.1, 0.15) is 44.9 Å². The van der Waals surface area contributed by atoms with Gasteiger partial charge in [0.25, 0.3) is 5.91 Å². The normalized spacial score (nSPS) is 28.9. The molecular formula is C26H34N2O3. The highest BCUT2D eigenvalue weighted by atomic mass is 16.5. The lowest BCUT2D eigenvalue weighted by Gasteiger charge is -2.48. The Labute approximate surface area is 185 Å². The molecule has 2 saturated heterocycles. The first-order valence-corrected chi connectivity index (χ1v) is 11.9. The maximum absolute atomic E-state index is 13.2. The van der Waals surface area contributed by atoms with Crippen molar-refractivity contribution in [3.8, 4) is 5.75 Å². The summed E-state index contributed by atoms with van der Waals surface area (Å²) in [6, 6.07) is 14.8. The molecular weight excluding hydrogens is 388 g/mol. The third kappa shape index (κ3) is 4.18. The van der Waals surface area contributed by atoms with Crippen molar-refractivity contribution in [3.05, 3.63) is 42.5 Å². The van der Waals surface area contributed by atoms with Crippen LogP contribution in [0, 0.1) is 0 Å². The predicted octanol–water partition coefficient (Wildman–Crippen LogP) is 4.24. The van der Waals surface area contributed by atoms with E-state index < -0.39 is 0 Å². The number of fused-ring (bicyclic) bond motifs is 1. The molecule has 3 aliphatic rings. The average Bonchev–Trinajstić information content (AvgIpc) is 3.50. The van der Waals surface area contributed by atoms with E-state index in [9.17, 15) is 4.79 Å². The van der Waals surface area contributed by atoms with Gasteiger partial charge in [-0.25, -0.2) is 0 Å². The minimum absolute atomic E-state index is 0.0487. The number of hydrogen-bond acceptors (Lipinski definition) is 4. The first-order chi connectivity index (χ1) is 15.2. The summed E-state index contributed by atoms with van der Waals surface area (Å²) in [5, 5.41) is 2.18. The molecule has 2 aliphatic heterocycles. The van der Waals surface area contributed by atoms with Crippen LogP contribution < -0.4 is 4.74 Å². The number of benzene rings is 2. The van der Waals surface area contributed by atoms with Gasteiger partial charge in [-0.2, -0.15) is 0 Å². The zero-order valence-electron chi connectivity index (χ0n) is 18.6. The van der Waals surface area contributed by atoms with E-state index in [4.69, 9.17) is 9.47 Å². The summed E-state index contributed by atoms with van der Waals surface area (Å²) < 4.78 is 12.3. The Morgan fingerprint density at radius 3 is 2.74 bits per heavy atom. The van der Waals surface area contributed by atoms with Crippen LogP contribution in [0.3, 0.4) is 0 Å². The zero-order chi connectivity index (χ0) is 21.3. The highest BCUT2D eigenvalue weighted by Crippen LogP contribution is 2.43. The number of hydrogen-bond donors (Lipinski definition) is 0. The van der Waals surface area contributed by atoms with Gasteiger partial charge in [-0.05, 0) is 69.5 Å². The molecule has 1 aliphatic carbocycles. The summed E-state index contributed by atoms with van der Waals surface area (Å²) in [6.07, 6.45) is 8.00. The molecule has 0 radical (unpaired) electrons. The van der Waals surface area contributed by atoms with Crippen LogP contribution in [0.15, 0.2) is 42.5 Å². The monoisotopic (exact) mass is 422 g/mol. The molecule has 1 spiro atoms. The van der Waals surface area contributed by atoms with Gasteiger partial charge in [0.1, 0.15) is 5.75 Å².